The number of carbonyl (C=O) groups excluding carboxylic acids is 1. The van der Waals surface area contributed by atoms with Crippen LogP contribution in [-0.2, 0) is 4.79 Å². The van der Waals surface area contributed by atoms with E-state index in [1.54, 1.807) is 4.57 Å². The van der Waals surface area contributed by atoms with Gasteiger partial charge in [0.15, 0.2) is 0 Å². The Balaban J connectivity index is 2.20. The van der Waals surface area contributed by atoms with Gasteiger partial charge in [-0.25, -0.2) is 4.98 Å². The summed E-state index contributed by atoms with van der Waals surface area (Å²) in [5, 5.41) is 0.582. The summed E-state index contributed by atoms with van der Waals surface area (Å²) in [5.41, 5.74) is 1.22. The number of fused-ring (bicyclic) bond motifs is 1. The molecule has 0 bridgehead atoms. The van der Waals surface area contributed by atoms with E-state index >= 15 is 0 Å². The van der Waals surface area contributed by atoms with Crippen LogP contribution in [0.15, 0.2) is 59.4 Å². The highest BCUT2D eigenvalue weighted by Gasteiger charge is 2.30. The fourth-order valence-electron chi connectivity index (χ4n) is 4.28. The Morgan fingerprint density at radius 2 is 1.67 bits per heavy atom. The van der Waals surface area contributed by atoms with Gasteiger partial charge in [0.2, 0.25) is 5.91 Å². The molecule has 1 aromatic heterocycles. The zero-order chi connectivity index (χ0) is 24.0. The van der Waals surface area contributed by atoms with E-state index in [0.717, 1.165) is 24.9 Å². The maximum Gasteiger partial charge on any atom is 0.266 e. The number of hydrogen-bond donors (Lipinski definition) is 0. The van der Waals surface area contributed by atoms with Gasteiger partial charge >= 0.3 is 0 Å². The zero-order valence-corrected chi connectivity index (χ0v) is 20.7. The zero-order valence-electron chi connectivity index (χ0n) is 20.7. The molecule has 0 aliphatic rings. The first kappa shape index (κ1) is 24.7. The molecule has 3 aromatic rings. The van der Waals surface area contributed by atoms with Crippen molar-refractivity contribution in [2.75, 3.05) is 6.54 Å². The lowest BCUT2D eigenvalue weighted by Crippen LogP contribution is -2.40. The minimum Gasteiger partial charge on any atom is -0.332 e. The van der Waals surface area contributed by atoms with Gasteiger partial charge in [-0.3, -0.25) is 14.2 Å². The van der Waals surface area contributed by atoms with Gasteiger partial charge < -0.3 is 4.90 Å². The largest absolute Gasteiger partial charge is 0.332 e. The lowest BCUT2D eigenvalue weighted by molar-refractivity contribution is -0.136. The van der Waals surface area contributed by atoms with Crippen molar-refractivity contribution in [2.45, 2.75) is 72.8 Å². The fourth-order valence-corrected chi connectivity index (χ4v) is 4.28. The normalized spacial score (nSPS) is 12.6. The predicted octanol–water partition coefficient (Wildman–Crippen LogP) is 6.29. The van der Waals surface area contributed by atoms with E-state index < -0.39 is 0 Å². The van der Waals surface area contributed by atoms with Crippen LogP contribution < -0.4 is 5.56 Å². The van der Waals surface area contributed by atoms with Gasteiger partial charge in [-0.15, -0.1) is 0 Å². The molecule has 1 amide bonds. The van der Waals surface area contributed by atoms with E-state index in [0.29, 0.717) is 36.1 Å². The number of carbonyl (C=O) groups is 1. The van der Waals surface area contributed by atoms with Crippen LogP contribution in [0, 0.1) is 5.41 Å². The van der Waals surface area contributed by atoms with Crippen molar-refractivity contribution < 1.29 is 4.79 Å². The standard InChI is InChI=1S/C28H37N3O2/c1-6-8-14-19-30(25(32)20-28(3,4)5)24(7-2)26-29-23-18-13-12-17-22(23)27(33)31(26)21-15-10-9-11-16-21/h9-13,15-18,24H,6-8,14,19-20H2,1-5H3. The summed E-state index contributed by atoms with van der Waals surface area (Å²) in [5.74, 6) is 0.749. The Morgan fingerprint density at radius 1 is 1.00 bits per heavy atom. The molecule has 33 heavy (non-hydrogen) atoms. The fraction of sp³-hybridized carbons (Fsp3) is 0.464. The van der Waals surface area contributed by atoms with E-state index in [-0.39, 0.29) is 22.9 Å². The van der Waals surface area contributed by atoms with Crippen LogP contribution in [0.1, 0.15) is 78.6 Å². The molecule has 0 saturated carbocycles. The quantitative estimate of drug-likeness (QED) is 0.362. The van der Waals surface area contributed by atoms with Gasteiger partial charge in [0.25, 0.3) is 5.56 Å². The molecule has 0 saturated heterocycles. The van der Waals surface area contributed by atoms with Gasteiger partial charge in [0, 0.05) is 13.0 Å². The first-order valence-corrected chi connectivity index (χ1v) is 12.1. The van der Waals surface area contributed by atoms with Crippen LogP contribution in [-0.4, -0.2) is 26.9 Å². The summed E-state index contributed by atoms with van der Waals surface area (Å²) in [6, 6.07) is 16.8. The third kappa shape index (κ3) is 5.89. The van der Waals surface area contributed by atoms with Crippen LogP contribution in [0.5, 0.6) is 0 Å². The molecule has 0 radical (unpaired) electrons. The first-order chi connectivity index (χ1) is 15.8. The smallest absolute Gasteiger partial charge is 0.266 e. The molecular formula is C28H37N3O2. The molecular weight excluding hydrogens is 410 g/mol. The average molecular weight is 448 g/mol. The number of nitrogens with zero attached hydrogens (tertiary/aromatic N) is 3. The minimum atomic E-state index is -0.283. The third-order valence-corrected chi connectivity index (χ3v) is 5.88. The Hall–Kier alpha value is -2.95. The maximum atomic E-state index is 13.7. The van der Waals surface area contributed by atoms with Crippen molar-refractivity contribution in [3.05, 3.63) is 70.8 Å². The molecule has 0 N–H and O–H groups in total. The minimum absolute atomic E-state index is 0.1000. The first-order valence-electron chi connectivity index (χ1n) is 12.1. The molecule has 2 aromatic carbocycles. The molecule has 176 valence electrons. The van der Waals surface area contributed by atoms with Crippen molar-refractivity contribution in [2.24, 2.45) is 5.41 Å². The van der Waals surface area contributed by atoms with E-state index in [4.69, 9.17) is 4.98 Å². The monoisotopic (exact) mass is 447 g/mol. The predicted molar refractivity (Wildman–Crippen MR) is 136 cm³/mol. The number of aromatic nitrogens is 2. The Kier molecular flexibility index (Phi) is 8.06. The van der Waals surface area contributed by atoms with E-state index in [2.05, 4.69) is 34.6 Å². The van der Waals surface area contributed by atoms with Crippen LogP contribution in [0.25, 0.3) is 16.6 Å². The topological polar surface area (TPSA) is 55.2 Å². The molecule has 1 heterocycles. The summed E-state index contributed by atoms with van der Waals surface area (Å²) in [6.07, 6.45) is 4.22. The second-order valence-electron chi connectivity index (χ2n) is 9.92. The number of benzene rings is 2. The number of rotatable bonds is 9. The molecule has 0 spiro atoms. The second-order valence-corrected chi connectivity index (χ2v) is 9.92. The molecule has 5 heteroatoms. The van der Waals surface area contributed by atoms with Gasteiger partial charge in [0.1, 0.15) is 5.82 Å². The lowest BCUT2D eigenvalue weighted by Gasteiger charge is -2.34. The van der Waals surface area contributed by atoms with Gasteiger partial charge in [-0.2, -0.15) is 0 Å². The Labute approximate surface area is 197 Å². The summed E-state index contributed by atoms with van der Waals surface area (Å²) in [7, 11) is 0. The Morgan fingerprint density at radius 3 is 2.30 bits per heavy atom. The number of hydrogen-bond acceptors (Lipinski definition) is 3. The Bertz CT molecular complexity index is 1130. The van der Waals surface area contributed by atoms with Crippen molar-refractivity contribution >= 4 is 16.8 Å². The molecule has 0 fully saturated rings. The van der Waals surface area contributed by atoms with E-state index in [1.165, 1.54) is 0 Å². The van der Waals surface area contributed by atoms with Gasteiger partial charge in [0.05, 0.1) is 22.6 Å². The number of unbranched alkanes of at least 4 members (excludes halogenated alkanes) is 2. The van der Waals surface area contributed by atoms with Crippen LogP contribution in [0.3, 0.4) is 0 Å². The summed E-state index contributed by atoms with van der Waals surface area (Å²) in [4.78, 5) is 34.2. The molecule has 0 aliphatic heterocycles. The summed E-state index contributed by atoms with van der Waals surface area (Å²) in [6.45, 7) is 11.2. The molecule has 1 unspecified atom stereocenters. The van der Waals surface area contributed by atoms with Crippen molar-refractivity contribution in [1.82, 2.24) is 14.5 Å². The van der Waals surface area contributed by atoms with Gasteiger partial charge in [-0.1, -0.05) is 77.8 Å². The van der Waals surface area contributed by atoms with Crippen LogP contribution >= 0.6 is 0 Å². The second kappa shape index (κ2) is 10.8. The van der Waals surface area contributed by atoms with Crippen molar-refractivity contribution in [1.29, 1.82) is 0 Å². The average Bonchev–Trinajstić information content (AvgIpc) is 2.78. The SMILES string of the molecule is CCCCCN(C(=O)CC(C)(C)C)C(CC)c1nc2ccccc2c(=O)n1-c1ccccc1. The highest BCUT2D eigenvalue weighted by molar-refractivity contribution is 5.79. The number of amides is 1. The van der Waals surface area contributed by atoms with Crippen molar-refractivity contribution in [3.63, 3.8) is 0 Å². The van der Waals surface area contributed by atoms with Crippen LogP contribution in [0.2, 0.25) is 0 Å². The molecule has 3 rings (SSSR count). The lowest BCUT2D eigenvalue weighted by atomic mass is 9.91. The van der Waals surface area contributed by atoms with E-state index in [1.807, 2.05) is 59.5 Å². The maximum absolute atomic E-state index is 13.7. The van der Waals surface area contributed by atoms with Gasteiger partial charge in [-0.05, 0) is 42.5 Å². The highest BCUT2D eigenvalue weighted by atomic mass is 16.2. The summed E-state index contributed by atoms with van der Waals surface area (Å²) < 4.78 is 1.70. The molecule has 0 aliphatic carbocycles. The van der Waals surface area contributed by atoms with E-state index in [9.17, 15) is 9.59 Å². The number of para-hydroxylation sites is 2. The summed E-state index contributed by atoms with van der Waals surface area (Å²) >= 11 is 0. The molecule has 5 nitrogen and oxygen atoms in total. The molecule has 1 atom stereocenters. The third-order valence-electron chi connectivity index (χ3n) is 5.88. The van der Waals surface area contributed by atoms with Crippen molar-refractivity contribution in [3.8, 4) is 5.69 Å². The highest BCUT2D eigenvalue weighted by Crippen LogP contribution is 2.29. The van der Waals surface area contributed by atoms with Crippen LogP contribution in [0.4, 0.5) is 0 Å².